The molecule has 0 bridgehead atoms. The molecule has 2 aromatic rings. The zero-order valence-electron chi connectivity index (χ0n) is 15.0. The van der Waals surface area contributed by atoms with Crippen LogP contribution in [-0.4, -0.2) is 30.3 Å². The first kappa shape index (κ1) is 19.1. The summed E-state index contributed by atoms with van der Waals surface area (Å²) in [5.41, 5.74) is 0.252. The molecule has 7 nitrogen and oxygen atoms in total. The molecule has 1 N–H and O–H groups in total. The van der Waals surface area contributed by atoms with Gasteiger partial charge in [0.05, 0.1) is 24.9 Å². The molecule has 1 heterocycles. The molecule has 0 saturated carbocycles. The number of halogens is 1. The highest BCUT2D eigenvalue weighted by Crippen LogP contribution is 2.36. The predicted octanol–water partition coefficient (Wildman–Crippen LogP) is 3.61. The molecule has 0 unspecified atom stereocenters. The summed E-state index contributed by atoms with van der Waals surface area (Å²) >= 11 is 6.16. The average molecular weight is 368 g/mol. The number of aromatic nitrogens is 2. The Morgan fingerprint density at radius 2 is 1.88 bits per heavy atom. The van der Waals surface area contributed by atoms with Crippen LogP contribution < -0.4 is 14.8 Å². The van der Waals surface area contributed by atoms with Crippen molar-refractivity contribution in [3.05, 3.63) is 28.9 Å². The molecular weight excluding hydrogens is 346 g/mol. The van der Waals surface area contributed by atoms with Crippen molar-refractivity contribution >= 4 is 23.2 Å². The van der Waals surface area contributed by atoms with Gasteiger partial charge in [0.2, 0.25) is 11.8 Å². The molecule has 136 valence electrons. The standard InChI is InChI=1S/C17H22ClN3O4/c1-17(2,3)16-20-15(25-21-16)7-6-14(22)19-11-9-13(24-5)12(23-4)8-10(11)18/h8-9H,6-7H2,1-5H3,(H,19,22). The van der Waals surface area contributed by atoms with Crippen LogP contribution in [0.5, 0.6) is 11.5 Å². The summed E-state index contributed by atoms with van der Waals surface area (Å²) in [6.45, 7) is 5.98. The Morgan fingerprint density at radius 1 is 1.24 bits per heavy atom. The summed E-state index contributed by atoms with van der Waals surface area (Å²) in [7, 11) is 3.03. The van der Waals surface area contributed by atoms with Crippen molar-refractivity contribution in [3.8, 4) is 11.5 Å². The third kappa shape index (κ3) is 4.85. The van der Waals surface area contributed by atoms with Crippen molar-refractivity contribution in [1.82, 2.24) is 10.1 Å². The van der Waals surface area contributed by atoms with Crippen molar-refractivity contribution in [3.63, 3.8) is 0 Å². The number of hydrogen-bond acceptors (Lipinski definition) is 6. The fourth-order valence-corrected chi connectivity index (χ4v) is 2.25. The molecular formula is C17H22ClN3O4. The van der Waals surface area contributed by atoms with Crippen molar-refractivity contribution < 1.29 is 18.8 Å². The molecule has 0 fully saturated rings. The quantitative estimate of drug-likeness (QED) is 0.839. The van der Waals surface area contributed by atoms with E-state index in [-0.39, 0.29) is 17.7 Å². The monoisotopic (exact) mass is 367 g/mol. The third-order valence-corrected chi connectivity index (χ3v) is 3.76. The number of nitrogens with zero attached hydrogens (tertiary/aromatic N) is 2. The smallest absolute Gasteiger partial charge is 0.227 e. The fraction of sp³-hybridized carbons (Fsp3) is 0.471. The Labute approximate surface area is 151 Å². The van der Waals surface area contributed by atoms with E-state index in [1.165, 1.54) is 14.2 Å². The lowest BCUT2D eigenvalue weighted by molar-refractivity contribution is -0.116. The number of methoxy groups -OCH3 is 2. The number of ether oxygens (including phenoxy) is 2. The molecule has 8 heteroatoms. The van der Waals surface area contributed by atoms with Crippen LogP contribution in [0.25, 0.3) is 0 Å². The molecule has 0 radical (unpaired) electrons. The summed E-state index contributed by atoms with van der Waals surface area (Å²) in [6, 6.07) is 3.20. The van der Waals surface area contributed by atoms with Crippen molar-refractivity contribution in [2.45, 2.75) is 39.0 Å². The Kier molecular flexibility index (Phi) is 5.89. The number of benzene rings is 1. The molecule has 0 atom stereocenters. The number of anilines is 1. The van der Waals surface area contributed by atoms with E-state index in [4.69, 9.17) is 25.6 Å². The molecule has 0 aliphatic heterocycles. The summed E-state index contributed by atoms with van der Waals surface area (Å²) < 4.78 is 15.6. The van der Waals surface area contributed by atoms with E-state index >= 15 is 0 Å². The molecule has 0 saturated heterocycles. The van der Waals surface area contributed by atoms with Gasteiger partial charge < -0.3 is 19.3 Å². The van der Waals surface area contributed by atoms with Gasteiger partial charge in [-0.2, -0.15) is 4.98 Å². The second-order valence-corrected chi connectivity index (χ2v) is 6.90. The second kappa shape index (κ2) is 7.74. The van der Waals surface area contributed by atoms with Gasteiger partial charge in [0, 0.05) is 30.4 Å². The number of carbonyl (C=O) groups excluding carboxylic acids is 1. The van der Waals surface area contributed by atoms with Gasteiger partial charge in [-0.05, 0) is 0 Å². The summed E-state index contributed by atoms with van der Waals surface area (Å²) in [5, 5.41) is 7.04. The number of carbonyl (C=O) groups is 1. The van der Waals surface area contributed by atoms with Crippen LogP contribution in [0.1, 0.15) is 38.9 Å². The summed E-state index contributed by atoms with van der Waals surface area (Å²) in [5.74, 6) is 1.80. The van der Waals surface area contributed by atoms with E-state index < -0.39 is 0 Å². The predicted molar refractivity (Wildman–Crippen MR) is 94.5 cm³/mol. The van der Waals surface area contributed by atoms with Crippen LogP contribution in [0.4, 0.5) is 5.69 Å². The number of rotatable bonds is 6. The Bertz CT molecular complexity index is 753. The maximum atomic E-state index is 12.2. The first-order valence-corrected chi connectivity index (χ1v) is 8.17. The van der Waals surface area contributed by atoms with E-state index in [1.807, 2.05) is 20.8 Å². The van der Waals surface area contributed by atoms with Crippen LogP contribution >= 0.6 is 11.6 Å². The van der Waals surface area contributed by atoms with Gasteiger partial charge in [-0.25, -0.2) is 0 Å². The topological polar surface area (TPSA) is 86.5 Å². The van der Waals surface area contributed by atoms with Crippen LogP contribution in [-0.2, 0) is 16.6 Å². The van der Waals surface area contributed by atoms with Crippen molar-refractivity contribution in [1.29, 1.82) is 0 Å². The maximum absolute atomic E-state index is 12.2. The molecule has 0 spiro atoms. The second-order valence-electron chi connectivity index (χ2n) is 6.50. The number of aryl methyl sites for hydroxylation is 1. The lowest BCUT2D eigenvalue weighted by Gasteiger charge is -2.12. The zero-order chi connectivity index (χ0) is 18.6. The molecule has 1 aromatic carbocycles. The van der Waals surface area contributed by atoms with Crippen molar-refractivity contribution in [2.24, 2.45) is 0 Å². The average Bonchev–Trinajstić information content (AvgIpc) is 3.03. The lowest BCUT2D eigenvalue weighted by Crippen LogP contribution is -2.14. The van der Waals surface area contributed by atoms with Crippen LogP contribution in [0.3, 0.4) is 0 Å². The van der Waals surface area contributed by atoms with Gasteiger partial charge in [-0.3, -0.25) is 4.79 Å². The van der Waals surface area contributed by atoms with E-state index in [0.29, 0.717) is 40.3 Å². The highest BCUT2D eigenvalue weighted by molar-refractivity contribution is 6.34. The molecule has 2 rings (SSSR count). The summed E-state index contributed by atoms with van der Waals surface area (Å²) in [6.07, 6.45) is 0.538. The Morgan fingerprint density at radius 3 is 2.44 bits per heavy atom. The summed E-state index contributed by atoms with van der Waals surface area (Å²) in [4.78, 5) is 16.5. The SMILES string of the molecule is COc1cc(Cl)c(NC(=O)CCc2nc(C(C)(C)C)no2)cc1OC. The molecule has 0 aliphatic carbocycles. The van der Waals surface area contributed by atoms with Crippen LogP contribution in [0.2, 0.25) is 5.02 Å². The molecule has 0 aliphatic rings. The minimum absolute atomic E-state index is 0.191. The third-order valence-electron chi connectivity index (χ3n) is 3.45. The van der Waals surface area contributed by atoms with Gasteiger partial charge >= 0.3 is 0 Å². The van der Waals surface area contributed by atoms with Crippen LogP contribution in [0, 0.1) is 0 Å². The van der Waals surface area contributed by atoms with Gasteiger partial charge in [0.1, 0.15) is 0 Å². The van der Waals surface area contributed by atoms with E-state index in [0.717, 1.165) is 0 Å². The van der Waals surface area contributed by atoms with Gasteiger partial charge in [-0.1, -0.05) is 37.5 Å². The molecule has 25 heavy (non-hydrogen) atoms. The largest absolute Gasteiger partial charge is 0.493 e. The van der Waals surface area contributed by atoms with E-state index in [1.54, 1.807) is 12.1 Å². The Balaban J connectivity index is 2.00. The fourth-order valence-electron chi connectivity index (χ4n) is 2.04. The first-order chi connectivity index (χ1) is 11.7. The normalized spacial score (nSPS) is 11.3. The molecule has 1 amide bonds. The van der Waals surface area contributed by atoms with Gasteiger partial charge in [-0.15, -0.1) is 0 Å². The van der Waals surface area contributed by atoms with Gasteiger partial charge in [0.15, 0.2) is 17.3 Å². The van der Waals surface area contributed by atoms with E-state index in [2.05, 4.69) is 15.5 Å². The lowest BCUT2D eigenvalue weighted by atomic mass is 9.96. The van der Waals surface area contributed by atoms with E-state index in [9.17, 15) is 4.79 Å². The first-order valence-electron chi connectivity index (χ1n) is 7.79. The minimum Gasteiger partial charge on any atom is -0.493 e. The Hall–Kier alpha value is -2.28. The number of amides is 1. The highest BCUT2D eigenvalue weighted by Gasteiger charge is 2.21. The van der Waals surface area contributed by atoms with Gasteiger partial charge in [0.25, 0.3) is 0 Å². The highest BCUT2D eigenvalue weighted by atomic mass is 35.5. The molecule has 1 aromatic heterocycles. The number of hydrogen-bond donors (Lipinski definition) is 1. The number of nitrogens with one attached hydrogen (secondary N) is 1. The van der Waals surface area contributed by atoms with Crippen molar-refractivity contribution in [2.75, 3.05) is 19.5 Å². The van der Waals surface area contributed by atoms with Crippen LogP contribution in [0.15, 0.2) is 16.7 Å². The maximum Gasteiger partial charge on any atom is 0.227 e. The zero-order valence-corrected chi connectivity index (χ0v) is 15.7. The minimum atomic E-state index is -0.218.